The number of carbonyl (C=O) groups excluding carboxylic acids is 1. The summed E-state index contributed by atoms with van der Waals surface area (Å²) in [7, 11) is 0. The molecule has 110 valence electrons. The summed E-state index contributed by atoms with van der Waals surface area (Å²) in [6.45, 7) is 0.0308. The normalized spacial score (nSPS) is 10.4. The van der Waals surface area contributed by atoms with Crippen molar-refractivity contribution in [2.45, 2.75) is 6.61 Å². The smallest absolute Gasteiger partial charge is 0.357 e. The fourth-order valence-corrected chi connectivity index (χ4v) is 1.91. The van der Waals surface area contributed by atoms with Crippen LogP contribution in [0.5, 0.6) is 0 Å². The van der Waals surface area contributed by atoms with Crippen molar-refractivity contribution in [3.05, 3.63) is 71.3 Å². The molecule has 2 heterocycles. The minimum atomic E-state index is -0.498. The zero-order valence-corrected chi connectivity index (χ0v) is 12.1. The maximum absolute atomic E-state index is 11.8. The van der Waals surface area contributed by atoms with Crippen molar-refractivity contribution in [2.24, 2.45) is 0 Å². The van der Waals surface area contributed by atoms with Crippen LogP contribution in [0, 0.1) is 0 Å². The maximum atomic E-state index is 11.8. The van der Waals surface area contributed by atoms with E-state index in [2.05, 4.69) is 15.3 Å². The highest BCUT2D eigenvalue weighted by Crippen LogP contribution is 2.13. The van der Waals surface area contributed by atoms with Crippen molar-refractivity contribution < 1.29 is 9.53 Å². The second-order valence-corrected chi connectivity index (χ2v) is 4.86. The predicted octanol–water partition coefficient (Wildman–Crippen LogP) is 2.67. The van der Waals surface area contributed by atoms with Crippen LogP contribution in [0.1, 0.15) is 16.2 Å². The van der Waals surface area contributed by atoms with Crippen LogP contribution in [0.15, 0.2) is 54.9 Å². The van der Waals surface area contributed by atoms with Crippen LogP contribution in [0.25, 0.3) is 5.69 Å². The summed E-state index contributed by atoms with van der Waals surface area (Å²) in [5.41, 5.74) is 1.62. The first-order valence-electron chi connectivity index (χ1n) is 6.48. The van der Waals surface area contributed by atoms with E-state index >= 15 is 0 Å². The van der Waals surface area contributed by atoms with Gasteiger partial charge in [-0.3, -0.25) is 0 Å². The van der Waals surface area contributed by atoms with Crippen molar-refractivity contribution in [1.82, 2.24) is 20.0 Å². The number of carbonyl (C=O) groups is 1. The first-order valence-corrected chi connectivity index (χ1v) is 6.85. The number of halogens is 1. The topological polar surface area (TPSA) is 69.9 Å². The van der Waals surface area contributed by atoms with Gasteiger partial charge in [0.1, 0.15) is 18.0 Å². The van der Waals surface area contributed by atoms with Gasteiger partial charge in [0, 0.05) is 11.2 Å². The highest BCUT2D eigenvalue weighted by Gasteiger charge is 2.10. The van der Waals surface area contributed by atoms with E-state index in [1.807, 2.05) is 12.1 Å². The lowest BCUT2D eigenvalue weighted by Gasteiger charge is -2.01. The van der Waals surface area contributed by atoms with E-state index in [1.54, 1.807) is 41.2 Å². The molecular formula is C15H11ClN4O2. The lowest BCUT2D eigenvalue weighted by atomic mass is 10.3. The molecule has 3 aromatic rings. The molecule has 0 fully saturated rings. The second kappa shape index (κ2) is 6.36. The molecule has 0 unspecified atom stereocenters. The lowest BCUT2D eigenvalue weighted by Crippen LogP contribution is -2.07. The van der Waals surface area contributed by atoms with Gasteiger partial charge in [-0.15, -0.1) is 5.10 Å². The van der Waals surface area contributed by atoms with E-state index in [0.717, 1.165) is 5.69 Å². The number of hydrogen-bond donors (Lipinski definition) is 0. The summed E-state index contributed by atoms with van der Waals surface area (Å²) in [6, 6.07) is 12.2. The van der Waals surface area contributed by atoms with Gasteiger partial charge in [0.05, 0.1) is 11.9 Å². The highest BCUT2D eigenvalue weighted by molar-refractivity contribution is 6.30. The Morgan fingerprint density at radius 2 is 2.00 bits per heavy atom. The van der Waals surface area contributed by atoms with E-state index in [-0.39, 0.29) is 12.3 Å². The summed E-state index contributed by atoms with van der Waals surface area (Å²) in [5.74, 6) is -0.498. The third kappa shape index (κ3) is 3.29. The molecule has 0 bridgehead atoms. The van der Waals surface area contributed by atoms with Crippen molar-refractivity contribution in [3.8, 4) is 5.69 Å². The largest absolute Gasteiger partial charge is 0.454 e. The van der Waals surface area contributed by atoms with E-state index < -0.39 is 5.97 Å². The molecule has 0 atom stereocenters. The van der Waals surface area contributed by atoms with Crippen molar-refractivity contribution in [3.63, 3.8) is 0 Å². The summed E-state index contributed by atoms with van der Waals surface area (Å²) < 4.78 is 6.73. The van der Waals surface area contributed by atoms with Crippen LogP contribution in [-0.4, -0.2) is 25.9 Å². The summed E-state index contributed by atoms with van der Waals surface area (Å²) >= 11 is 5.84. The SMILES string of the molecule is O=C(OCc1cn(-c2ccc(Cl)cc2)nn1)c1ccccn1. The summed E-state index contributed by atoms with van der Waals surface area (Å²) in [4.78, 5) is 15.7. The average molecular weight is 315 g/mol. The minimum absolute atomic E-state index is 0.0308. The molecule has 0 spiro atoms. The monoisotopic (exact) mass is 314 g/mol. The molecule has 22 heavy (non-hydrogen) atoms. The van der Waals surface area contributed by atoms with E-state index in [9.17, 15) is 4.79 Å². The van der Waals surface area contributed by atoms with Gasteiger partial charge in [0.15, 0.2) is 0 Å². The molecule has 2 aromatic heterocycles. The Morgan fingerprint density at radius 3 is 2.73 bits per heavy atom. The van der Waals surface area contributed by atoms with Crippen molar-refractivity contribution in [1.29, 1.82) is 0 Å². The Labute approximate surface area is 131 Å². The number of hydrogen-bond acceptors (Lipinski definition) is 5. The molecule has 7 heteroatoms. The standard InChI is InChI=1S/C15H11ClN4O2/c16-11-4-6-13(7-5-11)20-9-12(18-19-20)10-22-15(21)14-3-1-2-8-17-14/h1-9H,10H2. The van der Waals surface area contributed by atoms with Crippen LogP contribution in [0.4, 0.5) is 0 Å². The van der Waals surface area contributed by atoms with E-state index in [0.29, 0.717) is 10.7 Å². The quantitative estimate of drug-likeness (QED) is 0.692. The number of ether oxygens (including phenoxy) is 1. The molecular weight excluding hydrogens is 304 g/mol. The van der Waals surface area contributed by atoms with Crippen LogP contribution in [-0.2, 0) is 11.3 Å². The van der Waals surface area contributed by atoms with Gasteiger partial charge in [-0.1, -0.05) is 22.9 Å². The van der Waals surface area contributed by atoms with Gasteiger partial charge in [0.2, 0.25) is 0 Å². The van der Waals surface area contributed by atoms with E-state index in [4.69, 9.17) is 16.3 Å². The molecule has 0 aliphatic rings. The van der Waals surface area contributed by atoms with Gasteiger partial charge in [-0.2, -0.15) is 0 Å². The third-order valence-corrected chi connectivity index (χ3v) is 3.11. The van der Waals surface area contributed by atoms with Crippen molar-refractivity contribution >= 4 is 17.6 Å². The highest BCUT2D eigenvalue weighted by atomic mass is 35.5. The van der Waals surface area contributed by atoms with Crippen LogP contribution < -0.4 is 0 Å². The van der Waals surface area contributed by atoms with Crippen LogP contribution in [0.2, 0.25) is 5.02 Å². The zero-order valence-electron chi connectivity index (χ0n) is 11.4. The molecule has 3 rings (SSSR count). The Hall–Kier alpha value is -2.73. The Kier molecular flexibility index (Phi) is 4.11. The van der Waals surface area contributed by atoms with Gasteiger partial charge in [-0.05, 0) is 36.4 Å². The molecule has 6 nitrogen and oxygen atoms in total. The number of pyridine rings is 1. The first kappa shape index (κ1) is 14.2. The van der Waals surface area contributed by atoms with Crippen LogP contribution in [0.3, 0.4) is 0 Å². The molecule has 1 aromatic carbocycles. The number of nitrogens with zero attached hydrogens (tertiary/aromatic N) is 4. The Balaban J connectivity index is 1.65. The fraction of sp³-hybridized carbons (Fsp3) is 0.0667. The summed E-state index contributed by atoms with van der Waals surface area (Å²) in [5, 5.41) is 8.59. The average Bonchev–Trinajstić information content (AvgIpc) is 3.03. The van der Waals surface area contributed by atoms with Gasteiger partial charge < -0.3 is 4.74 Å². The molecule has 0 N–H and O–H groups in total. The van der Waals surface area contributed by atoms with Gasteiger partial charge in [-0.25, -0.2) is 14.5 Å². The Bertz CT molecular complexity index is 772. The fourth-order valence-electron chi connectivity index (χ4n) is 1.78. The number of rotatable bonds is 4. The Morgan fingerprint density at radius 1 is 1.18 bits per heavy atom. The maximum Gasteiger partial charge on any atom is 0.357 e. The van der Waals surface area contributed by atoms with Gasteiger partial charge >= 0.3 is 5.97 Å². The minimum Gasteiger partial charge on any atom is -0.454 e. The molecule has 0 aliphatic heterocycles. The van der Waals surface area contributed by atoms with Crippen molar-refractivity contribution in [2.75, 3.05) is 0 Å². The summed E-state index contributed by atoms with van der Waals surface area (Å²) in [6.07, 6.45) is 3.22. The lowest BCUT2D eigenvalue weighted by molar-refractivity contribution is 0.0460. The number of benzene rings is 1. The first-order chi connectivity index (χ1) is 10.7. The molecule has 0 aliphatic carbocycles. The third-order valence-electron chi connectivity index (χ3n) is 2.86. The molecule has 0 saturated carbocycles. The zero-order chi connectivity index (χ0) is 15.4. The number of aromatic nitrogens is 4. The van der Waals surface area contributed by atoms with E-state index in [1.165, 1.54) is 6.20 Å². The molecule has 0 saturated heterocycles. The van der Waals surface area contributed by atoms with Crippen LogP contribution >= 0.6 is 11.6 Å². The van der Waals surface area contributed by atoms with Gasteiger partial charge in [0.25, 0.3) is 0 Å². The number of esters is 1. The molecule has 0 radical (unpaired) electrons. The second-order valence-electron chi connectivity index (χ2n) is 4.42. The predicted molar refractivity (Wildman–Crippen MR) is 79.7 cm³/mol. The molecule has 0 amide bonds.